The molecule has 0 bridgehead atoms. The lowest BCUT2D eigenvalue weighted by molar-refractivity contribution is 0.288. The molecule has 0 fully saturated rings. The summed E-state index contributed by atoms with van der Waals surface area (Å²) in [5.41, 5.74) is 1.88. The fraction of sp³-hybridized carbons (Fsp3) is 0.333. The highest BCUT2D eigenvalue weighted by Crippen LogP contribution is 2.19. The van der Waals surface area contributed by atoms with E-state index in [1.807, 2.05) is 20.2 Å². The standard InChI is InChI=1S/C18H22F2N2O/c1-22(2)17(14-5-7-15(19)8-6-14)12-21-11-13-4-9-18(23-3)16(20)10-13/h4-10,17,21H,11-12H2,1-3H3. The molecule has 1 N–H and O–H groups in total. The zero-order valence-electron chi connectivity index (χ0n) is 13.6. The van der Waals surface area contributed by atoms with Crippen molar-refractivity contribution < 1.29 is 13.5 Å². The van der Waals surface area contributed by atoms with Gasteiger partial charge in [-0.1, -0.05) is 18.2 Å². The van der Waals surface area contributed by atoms with Gasteiger partial charge in [-0.3, -0.25) is 0 Å². The van der Waals surface area contributed by atoms with E-state index in [9.17, 15) is 8.78 Å². The fourth-order valence-electron chi connectivity index (χ4n) is 2.46. The average molecular weight is 320 g/mol. The summed E-state index contributed by atoms with van der Waals surface area (Å²) in [4.78, 5) is 2.06. The number of hydrogen-bond acceptors (Lipinski definition) is 3. The Morgan fingerprint density at radius 2 is 1.78 bits per heavy atom. The van der Waals surface area contributed by atoms with Crippen LogP contribution in [0.1, 0.15) is 17.2 Å². The molecule has 0 amide bonds. The Balaban J connectivity index is 1.97. The van der Waals surface area contributed by atoms with E-state index in [1.54, 1.807) is 18.2 Å². The first-order valence-corrected chi connectivity index (χ1v) is 7.46. The molecule has 0 aliphatic rings. The van der Waals surface area contributed by atoms with E-state index in [-0.39, 0.29) is 23.4 Å². The van der Waals surface area contributed by atoms with Crippen molar-refractivity contribution in [3.05, 3.63) is 65.2 Å². The average Bonchev–Trinajstić information content (AvgIpc) is 2.52. The Bertz CT molecular complexity index is 629. The summed E-state index contributed by atoms with van der Waals surface area (Å²) < 4.78 is 31.6. The maximum Gasteiger partial charge on any atom is 0.165 e. The topological polar surface area (TPSA) is 24.5 Å². The lowest BCUT2D eigenvalue weighted by Gasteiger charge is -2.25. The van der Waals surface area contributed by atoms with Crippen molar-refractivity contribution >= 4 is 0 Å². The third kappa shape index (κ3) is 4.74. The van der Waals surface area contributed by atoms with Crippen LogP contribution in [-0.2, 0) is 6.54 Å². The normalized spacial score (nSPS) is 12.4. The maximum atomic E-state index is 13.7. The summed E-state index contributed by atoms with van der Waals surface area (Å²) >= 11 is 0. The Labute approximate surface area is 135 Å². The smallest absolute Gasteiger partial charge is 0.165 e. The molecule has 2 aromatic carbocycles. The van der Waals surface area contributed by atoms with Crippen LogP contribution in [0.4, 0.5) is 8.78 Å². The van der Waals surface area contributed by atoms with Crippen molar-refractivity contribution in [2.75, 3.05) is 27.7 Å². The molecular weight excluding hydrogens is 298 g/mol. The van der Waals surface area contributed by atoms with Gasteiger partial charge in [0.25, 0.3) is 0 Å². The van der Waals surface area contributed by atoms with Gasteiger partial charge in [-0.25, -0.2) is 8.78 Å². The first-order valence-electron chi connectivity index (χ1n) is 7.46. The van der Waals surface area contributed by atoms with Gasteiger partial charge in [0.05, 0.1) is 7.11 Å². The zero-order chi connectivity index (χ0) is 16.8. The highest BCUT2D eigenvalue weighted by molar-refractivity contribution is 5.29. The molecule has 23 heavy (non-hydrogen) atoms. The lowest BCUT2D eigenvalue weighted by atomic mass is 10.1. The fourth-order valence-corrected chi connectivity index (χ4v) is 2.46. The van der Waals surface area contributed by atoms with Gasteiger partial charge >= 0.3 is 0 Å². The van der Waals surface area contributed by atoms with Gasteiger partial charge in [0.2, 0.25) is 0 Å². The Hall–Kier alpha value is -1.98. The summed E-state index contributed by atoms with van der Waals surface area (Å²) in [6.07, 6.45) is 0. The van der Waals surface area contributed by atoms with Gasteiger partial charge in [-0.05, 0) is 49.5 Å². The molecule has 2 aromatic rings. The SMILES string of the molecule is COc1ccc(CNCC(c2ccc(F)cc2)N(C)C)cc1F. The van der Waals surface area contributed by atoms with Crippen molar-refractivity contribution in [3.8, 4) is 5.75 Å². The molecule has 0 radical (unpaired) electrons. The quantitative estimate of drug-likeness (QED) is 0.846. The summed E-state index contributed by atoms with van der Waals surface area (Å²) in [5.74, 6) is -0.367. The first kappa shape index (κ1) is 17.4. The molecule has 1 unspecified atom stereocenters. The molecule has 0 spiro atoms. The van der Waals surface area contributed by atoms with Gasteiger partial charge in [0.1, 0.15) is 5.82 Å². The molecule has 2 rings (SSSR count). The minimum Gasteiger partial charge on any atom is -0.494 e. The van der Waals surface area contributed by atoms with Crippen LogP contribution in [0.3, 0.4) is 0 Å². The van der Waals surface area contributed by atoms with Gasteiger partial charge in [-0.2, -0.15) is 0 Å². The molecule has 0 aliphatic heterocycles. The van der Waals surface area contributed by atoms with Crippen LogP contribution >= 0.6 is 0 Å². The second-order valence-corrected chi connectivity index (χ2v) is 5.63. The number of ether oxygens (including phenoxy) is 1. The Kier molecular flexibility index (Phi) is 6.07. The van der Waals surface area contributed by atoms with E-state index in [2.05, 4.69) is 10.2 Å². The zero-order valence-corrected chi connectivity index (χ0v) is 13.6. The second-order valence-electron chi connectivity index (χ2n) is 5.63. The largest absolute Gasteiger partial charge is 0.494 e. The van der Waals surface area contributed by atoms with Gasteiger partial charge < -0.3 is 15.0 Å². The van der Waals surface area contributed by atoms with E-state index in [1.165, 1.54) is 25.3 Å². The second kappa shape index (κ2) is 8.04. The third-order valence-corrected chi connectivity index (χ3v) is 3.76. The molecule has 3 nitrogen and oxygen atoms in total. The molecule has 5 heteroatoms. The molecule has 0 saturated heterocycles. The number of halogens is 2. The highest BCUT2D eigenvalue weighted by Gasteiger charge is 2.14. The number of rotatable bonds is 7. The monoisotopic (exact) mass is 320 g/mol. The van der Waals surface area contributed by atoms with Gasteiger partial charge in [-0.15, -0.1) is 0 Å². The molecule has 0 aliphatic carbocycles. The van der Waals surface area contributed by atoms with E-state index in [0.717, 1.165) is 11.1 Å². The van der Waals surface area contributed by atoms with E-state index in [4.69, 9.17) is 4.74 Å². The van der Waals surface area contributed by atoms with E-state index in [0.29, 0.717) is 13.1 Å². The Morgan fingerprint density at radius 1 is 1.09 bits per heavy atom. The van der Waals surface area contributed by atoms with Crippen molar-refractivity contribution in [1.82, 2.24) is 10.2 Å². The maximum absolute atomic E-state index is 13.7. The predicted octanol–water partition coefficient (Wildman–Crippen LogP) is 3.37. The summed E-state index contributed by atoms with van der Waals surface area (Å²) in [6.45, 7) is 1.22. The molecule has 0 saturated carbocycles. The molecule has 124 valence electrons. The summed E-state index contributed by atoms with van der Waals surface area (Å²) in [5, 5.41) is 3.32. The summed E-state index contributed by atoms with van der Waals surface area (Å²) in [6, 6.07) is 11.5. The molecule has 0 heterocycles. The first-order chi connectivity index (χ1) is 11.0. The predicted molar refractivity (Wildman–Crippen MR) is 87.5 cm³/mol. The Morgan fingerprint density at radius 3 is 2.35 bits per heavy atom. The third-order valence-electron chi connectivity index (χ3n) is 3.76. The number of hydrogen-bond donors (Lipinski definition) is 1. The highest BCUT2D eigenvalue weighted by atomic mass is 19.1. The number of likely N-dealkylation sites (N-methyl/N-ethyl adjacent to an activating group) is 1. The van der Waals surface area contributed by atoms with Crippen LogP contribution < -0.4 is 10.1 Å². The van der Waals surface area contributed by atoms with Crippen LogP contribution in [0.15, 0.2) is 42.5 Å². The number of nitrogens with one attached hydrogen (secondary N) is 1. The van der Waals surface area contributed by atoms with Crippen LogP contribution in [0, 0.1) is 11.6 Å². The van der Waals surface area contributed by atoms with Crippen molar-refractivity contribution in [3.63, 3.8) is 0 Å². The molecule has 1 atom stereocenters. The number of nitrogens with zero attached hydrogens (tertiary/aromatic N) is 1. The number of benzene rings is 2. The summed E-state index contributed by atoms with van der Waals surface area (Å²) in [7, 11) is 5.40. The van der Waals surface area contributed by atoms with E-state index >= 15 is 0 Å². The van der Waals surface area contributed by atoms with Crippen molar-refractivity contribution in [1.29, 1.82) is 0 Å². The van der Waals surface area contributed by atoms with Crippen molar-refractivity contribution in [2.24, 2.45) is 0 Å². The minimum atomic E-state index is -0.366. The van der Waals surface area contributed by atoms with Crippen molar-refractivity contribution in [2.45, 2.75) is 12.6 Å². The molecular formula is C18H22F2N2O. The van der Waals surface area contributed by atoms with Gasteiger partial charge in [0.15, 0.2) is 11.6 Å². The van der Waals surface area contributed by atoms with Crippen LogP contribution in [-0.4, -0.2) is 32.6 Å². The van der Waals surface area contributed by atoms with Crippen LogP contribution in [0.2, 0.25) is 0 Å². The molecule has 0 aromatic heterocycles. The van der Waals surface area contributed by atoms with Gasteiger partial charge in [0, 0.05) is 19.1 Å². The van der Waals surface area contributed by atoms with Crippen LogP contribution in [0.25, 0.3) is 0 Å². The van der Waals surface area contributed by atoms with Crippen LogP contribution in [0.5, 0.6) is 5.75 Å². The minimum absolute atomic E-state index is 0.110. The lowest BCUT2D eigenvalue weighted by Crippen LogP contribution is -2.30. The van der Waals surface area contributed by atoms with E-state index < -0.39 is 0 Å². The number of methoxy groups -OCH3 is 1.